The molecular weight excluding hydrogens is 300 g/mol. The van der Waals surface area contributed by atoms with Gasteiger partial charge in [0.2, 0.25) is 0 Å². The Morgan fingerprint density at radius 1 is 1.04 bits per heavy atom. The lowest BCUT2D eigenvalue weighted by Gasteiger charge is -2.08. The van der Waals surface area contributed by atoms with Crippen molar-refractivity contribution in [2.24, 2.45) is 0 Å². The summed E-state index contributed by atoms with van der Waals surface area (Å²) < 4.78 is 5.25. The molecule has 2 aromatic carbocycles. The number of amides is 1. The van der Waals surface area contributed by atoms with Gasteiger partial charge in [-0.3, -0.25) is 4.79 Å². The number of hydrogen-bond donors (Lipinski definition) is 1. The van der Waals surface area contributed by atoms with Gasteiger partial charge in [0.05, 0.1) is 0 Å². The molecule has 0 bridgehead atoms. The smallest absolute Gasteiger partial charge is 0.261 e. The minimum Gasteiger partial charge on any atom is -0.360 e. The van der Waals surface area contributed by atoms with Gasteiger partial charge in [0.25, 0.3) is 5.91 Å². The molecule has 0 fully saturated rings. The summed E-state index contributed by atoms with van der Waals surface area (Å²) in [5, 5.41) is 6.97. The van der Waals surface area contributed by atoms with Gasteiger partial charge in [0.15, 0.2) is 0 Å². The molecule has 0 aliphatic heterocycles. The third-order valence-corrected chi connectivity index (χ3v) is 3.97. The quantitative estimate of drug-likeness (QED) is 0.734. The summed E-state index contributed by atoms with van der Waals surface area (Å²) in [7, 11) is 0. The van der Waals surface area contributed by atoms with Gasteiger partial charge in [-0.15, -0.1) is 0 Å². The Balaban J connectivity index is 1.87. The minimum absolute atomic E-state index is 0.218. The monoisotopic (exact) mass is 320 g/mol. The van der Waals surface area contributed by atoms with Crippen LogP contribution < -0.4 is 5.32 Å². The van der Waals surface area contributed by atoms with Crippen molar-refractivity contribution in [2.75, 3.05) is 5.32 Å². The molecule has 1 N–H and O–H groups in total. The SMILES string of the molecule is Cc1onc(-c2ccccc2)c1C(=O)Nc1ccc(C(C)C)cc1. The Hall–Kier alpha value is -2.88. The molecule has 24 heavy (non-hydrogen) atoms. The fourth-order valence-corrected chi connectivity index (χ4v) is 2.58. The lowest BCUT2D eigenvalue weighted by molar-refractivity contribution is 0.102. The zero-order valence-electron chi connectivity index (χ0n) is 14.0. The Morgan fingerprint density at radius 3 is 2.33 bits per heavy atom. The largest absolute Gasteiger partial charge is 0.360 e. The van der Waals surface area contributed by atoms with Gasteiger partial charge < -0.3 is 9.84 Å². The molecule has 0 saturated heterocycles. The van der Waals surface area contributed by atoms with Gasteiger partial charge in [0.1, 0.15) is 17.0 Å². The van der Waals surface area contributed by atoms with E-state index in [0.29, 0.717) is 22.9 Å². The molecule has 0 unspecified atom stereocenters. The summed E-state index contributed by atoms with van der Waals surface area (Å²) in [6.07, 6.45) is 0. The van der Waals surface area contributed by atoms with E-state index < -0.39 is 0 Å². The Kier molecular flexibility index (Phi) is 4.47. The van der Waals surface area contributed by atoms with Crippen LogP contribution in [0.1, 0.15) is 41.4 Å². The van der Waals surface area contributed by atoms with Gasteiger partial charge in [-0.2, -0.15) is 0 Å². The number of carbonyl (C=O) groups is 1. The Morgan fingerprint density at radius 2 is 1.71 bits per heavy atom. The number of aromatic nitrogens is 1. The van der Waals surface area contributed by atoms with Crippen LogP contribution in [-0.2, 0) is 0 Å². The van der Waals surface area contributed by atoms with E-state index in [4.69, 9.17) is 4.52 Å². The summed E-state index contributed by atoms with van der Waals surface area (Å²) >= 11 is 0. The van der Waals surface area contributed by atoms with Crippen molar-refractivity contribution in [3.8, 4) is 11.3 Å². The van der Waals surface area contributed by atoms with Crippen molar-refractivity contribution in [1.29, 1.82) is 0 Å². The highest BCUT2D eigenvalue weighted by molar-refractivity contribution is 6.08. The number of benzene rings is 2. The van der Waals surface area contributed by atoms with E-state index >= 15 is 0 Å². The molecule has 1 heterocycles. The fourth-order valence-electron chi connectivity index (χ4n) is 2.58. The van der Waals surface area contributed by atoms with Crippen LogP contribution in [0.15, 0.2) is 59.1 Å². The van der Waals surface area contributed by atoms with E-state index in [1.165, 1.54) is 5.56 Å². The summed E-state index contributed by atoms with van der Waals surface area (Å²) in [5.41, 5.74) is 3.87. The first-order chi connectivity index (χ1) is 11.6. The van der Waals surface area contributed by atoms with Crippen LogP contribution in [0.3, 0.4) is 0 Å². The molecule has 1 amide bonds. The number of carbonyl (C=O) groups excluding carboxylic acids is 1. The minimum atomic E-state index is -0.218. The third kappa shape index (κ3) is 3.23. The highest BCUT2D eigenvalue weighted by Crippen LogP contribution is 2.26. The van der Waals surface area contributed by atoms with Gasteiger partial charge >= 0.3 is 0 Å². The lowest BCUT2D eigenvalue weighted by atomic mass is 10.0. The van der Waals surface area contributed by atoms with Crippen LogP contribution in [0, 0.1) is 6.92 Å². The zero-order chi connectivity index (χ0) is 17.1. The maximum atomic E-state index is 12.7. The predicted molar refractivity (Wildman–Crippen MR) is 95.2 cm³/mol. The van der Waals surface area contributed by atoms with E-state index in [9.17, 15) is 4.79 Å². The second-order valence-electron chi connectivity index (χ2n) is 6.06. The van der Waals surface area contributed by atoms with Crippen molar-refractivity contribution in [3.05, 3.63) is 71.5 Å². The van der Waals surface area contributed by atoms with Gasteiger partial charge in [0, 0.05) is 11.3 Å². The van der Waals surface area contributed by atoms with Crippen molar-refractivity contribution in [1.82, 2.24) is 5.16 Å². The van der Waals surface area contributed by atoms with Crippen LogP contribution in [0.2, 0.25) is 0 Å². The molecule has 1 aromatic heterocycles. The molecule has 0 saturated carbocycles. The van der Waals surface area contributed by atoms with E-state index in [-0.39, 0.29) is 5.91 Å². The maximum absolute atomic E-state index is 12.7. The molecule has 3 rings (SSSR count). The topological polar surface area (TPSA) is 55.1 Å². The lowest BCUT2D eigenvalue weighted by Crippen LogP contribution is -2.13. The predicted octanol–water partition coefficient (Wildman–Crippen LogP) is 5.03. The molecule has 0 aliphatic rings. The van der Waals surface area contributed by atoms with E-state index in [1.54, 1.807) is 6.92 Å². The molecular formula is C20H20N2O2. The Bertz CT molecular complexity index is 834. The molecule has 3 aromatic rings. The molecule has 4 heteroatoms. The van der Waals surface area contributed by atoms with Crippen LogP contribution in [0.25, 0.3) is 11.3 Å². The normalized spacial score (nSPS) is 10.8. The molecule has 0 spiro atoms. The number of nitrogens with zero attached hydrogens (tertiary/aromatic N) is 1. The highest BCUT2D eigenvalue weighted by Gasteiger charge is 2.21. The Labute approximate surface area is 141 Å². The maximum Gasteiger partial charge on any atom is 0.261 e. The highest BCUT2D eigenvalue weighted by atomic mass is 16.5. The van der Waals surface area contributed by atoms with Crippen molar-refractivity contribution >= 4 is 11.6 Å². The van der Waals surface area contributed by atoms with Crippen LogP contribution in [0.5, 0.6) is 0 Å². The first kappa shape index (κ1) is 16.0. The number of hydrogen-bond acceptors (Lipinski definition) is 3. The molecule has 0 radical (unpaired) electrons. The molecule has 0 atom stereocenters. The fraction of sp³-hybridized carbons (Fsp3) is 0.200. The zero-order valence-corrected chi connectivity index (χ0v) is 14.0. The molecule has 4 nitrogen and oxygen atoms in total. The number of nitrogens with one attached hydrogen (secondary N) is 1. The van der Waals surface area contributed by atoms with Crippen LogP contribution >= 0.6 is 0 Å². The van der Waals surface area contributed by atoms with Crippen LogP contribution in [-0.4, -0.2) is 11.1 Å². The summed E-state index contributed by atoms with van der Waals surface area (Å²) in [6, 6.07) is 17.4. The first-order valence-electron chi connectivity index (χ1n) is 7.99. The van der Waals surface area contributed by atoms with Crippen molar-refractivity contribution in [3.63, 3.8) is 0 Å². The second kappa shape index (κ2) is 6.71. The van der Waals surface area contributed by atoms with Gasteiger partial charge in [-0.1, -0.05) is 61.5 Å². The van der Waals surface area contributed by atoms with E-state index in [0.717, 1.165) is 11.3 Å². The van der Waals surface area contributed by atoms with Crippen LogP contribution in [0.4, 0.5) is 5.69 Å². The summed E-state index contributed by atoms with van der Waals surface area (Å²) in [4.78, 5) is 12.7. The number of rotatable bonds is 4. The molecule has 122 valence electrons. The number of aryl methyl sites for hydroxylation is 1. The van der Waals surface area contributed by atoms with Crippen molar-refractivity contribution < 1.29 is 9.32 Å². The number of anilines is 1. The van der Waals surface area contributed by atoms with E-state index in [2.05, 4.69) is 24.3 Å². The first-order valence-corrected chi connectivity index (χ1v) is 7.99. The second-order valence-corrected chi connectivity index (χ2v) is 6.06. The third-order valence-electron chi connectivity index (χ3n) is 3.97. The van der Waals surface area contributed by atoms with E-state index in [1.807, 2.05) is 54.6 Å². The molecule has 0 aliphatic carbocycles. The summed E-state index contributed by atoms with van der Waals surface area (Å²) in [6.45, 7) is 6.02. The average Bonchev–Trinajstić information content (AvgIpc) is 2.98. The average molecular weight is 320 g/mol. The standard InChI is InChI=1S/C20H20N2O2/c1-13(2)15-9-11-17(12-10-15)21-20(23)18-14(3)24-22-19(18)16-7-5-4-6-8-16/h4-13H,1-3H3,(H,21,23). The summed E-state index contributed by atoms with van der Waals surface area (Å²) in [5.74, 6) is 0.745. The van der Waals surface area contributed by atoms with Crippen molar-refractivity contribution in [2.45, 2.75) is 26.7 Å². The van der Waals surface area contributed by atoms with Gasteiger partial charge in [-0.05, 0) is 30.5 Å². The van der Waals surface area contributed by atoms with Gasteiger partial charge in [-0.25, -0.2) is 0 Å².